The van der Waals surface area contributed by atoms with E-state index in [0.717, 1.165) is 12.8 Å². The van der Waals surface area contributed by atoms with Crippen LogP contribution in [0, 0.1) is 5.92 Å². The number of amides is 3. The zero-order valence-corrected chi connectivity index (χ0v) is 21.0. The van der Waals surface area contributed by atoms with Crippen LogP contribution in [0.25, 0.3) is 11.3 Å². The lowest BCUT2D eigenvalue weighted by Crippen LogP contribution is -2.48. The summed E-state index contributed by atoms with van der Waals surface area (Å²) in [5.41, 5.74) is 0.952. The third kappa shape index (κ3) is 7.22. The highest BCUT2D eigenvalue weighted by molar-refractivity contribution is 6.00. The number of rotatable bonds is 11. The van der Waals surface area contributed by atoms with Gasteiger partial charge in [-0.1, -0.05) is 6.07 Å². The van der Waals surface area contributed by atoms with Crippen molar-refractivity contribution < 1.29 is 34.4 Å². The van der Waals surface area contributed by atoms with Crippen LogP contribution in [-0.4, -0.2) is 78.0 Å². The van der Waals surface area contributed by atoms with Crippen LogP contribution in [0.3, 0.4) is 0 Å². The monoisotopic (exact) mass is 541 g/mol. The summed E-state index contributed by atoms with van der Waals surface area (Å²) in [5.74, 6) is -1.33. The normalized spacial score (nSPS) is 12.9. The highest BCUT2D eigenvalue weighted by Gasteiger charge is 2.31. The predicted molar refractivity (Wildman–Crippen MR) is 134 cm³/mol. The van der Waals surface area contributed by atoms with Crippen molar-refractivity contribution in [2.45, 2.75) is 32.4 Å². The van der Waals surface area contributed by atoms with E-state index in [0.29, 0.717) is 35.8 Å². The fourth-order valence-electron chi connectivity index (χ4n) is 3.56. The van der Waals surface area contributed by atoms with Crippen molar-refractivity contribution in [3.63, 3.8) is 0 Å². The van der Waals surface area contributed by atoms with E-state index < -0.39 is 17.7 Å². The van der Waals surface area contributed by atoms with Gasteiger partial charge in [-0.2, -0.15) is 15.0 Å². The molecule has 3 aromatic rings. The van der Waals surface area contributed by atoms with E-state index in [1.165, 1.54) is 31.1 Å². The van der Waals surface area contributed by atoms with Crippen LogP contribution in [0.5, 0.6) is 5.75 Å². The molecule has 0 radical (unpaired) electrons. The number of carbonyl (C=O) groups excluding carboxylic acids is 3. The number of hydrogen-bond acceptors (Lipinski definition) is 12. The molecule has 0 unspecified atom stereocenters. The fraction of sp³-hybridized carbons (Fsp3) is 0.348. The Labute approximate surface area is 221 Å². The molecule has 206 valence electrons. The number of ether oxygens (including phenoxy) is 1. The first-order valence-electron chi connectivity index (χ1n) is 11.8. The van der Waals surface area contributed by atoms with Crippen molar-refractivity contribution in [3.05, 3.63) is 36.2 Å². The van der Waals surface area contributed by atoms with E-state index in [4.69, 9.17) is 4.74 Å². The van der Waals surface area contributed by atoms with Crippen LogP contribution >= 0.6 is 0 Å². The number of para-hydroxylation sites is 1. The molecule has 1 saturated carbocycles. The Bertz CT molecular complexity index is 1380. The molecule has 2 aromatic heterocycles. The lowest BCUT2D eigenvalue weighted by Gasteiger charge is -2.18. The predicted octanol–water partition coefficient (Wildman–Crippen LogP) is -0.710. The number of anilines is 3. The molecule has 0 aliphatic heterocycles. The van der Waals surface area contributed by atoms with Gasteiger partial charge in [0.1, 0.15) is 5.69 Å². The lowest BCUT2D eigenvalue weighted by atomic mass is 10.1. The van der Waals surface area contributed by atoms with E-state index in [1.54, 1.807) is 23.5 Å². The number of aliphatic hydroxyl groups is 3. The number of aromatic nitrogens is 5. The van der Waals surface area contributed by atoms with Gasteiger partial charge >= 0.3 is 6.10 Å². The number of benzene rings is 1. The van der Waals surface area contributed by atoms with Crippen LogP contribution < -0.4 is 26.0 Å². The minimum absolute atomic E-state index is 0.00672. The van der Waals surface area contributed by atoms with E-state index in [1.807, 2.05) is 0 Å². The third-order valence-corrected chi connectivity index (χ3v) is 5.48. The summed E-state index contributed by atoms with van der Waals surface area (Å²) in [6.45, 7) is 2.10. The second-order valence-electron chi connectivity index (χ2n) is 8.66. The standard InChI is InChI=1S/C23H27N9O7/c1-12(33)24-8-9-32-25-11-17(31-32)14-4-3-5-15(20(14)39-2)26-16-10-18(27-21(34)13-6-7-13)29-30-19(16)22(35)28-23(36,37)38/h3-5,10-11,13,36-38H,6-9H2,1-2H3,(H,24,33)(H,28,35)(H2,26,27,29,34). The number of nitrogens with zero attached hydrogens (tertiary/aromatic N) is 5. The molecule has 4 rings (SSSR count). The molecular formula is C23H27N9O7. The first kappa shape index (κ1) is 27.4. The summed E-state index contributed by atoms with van der Waals surface area (Å²) >= 11 is 0. The van der Waals surface area contributed by atoms with E-state index in [2.05, 4.69) is 36.3 Å². The van der Waals surface area contributed by atoms with Crippen molar-refractivity contribution in [2.24, 2.45) is 5.92 Å². The van der Waals surface area contributed by atoms with Gasteiger partial charge in [-0.25, -0.2) is 0 Å². The van der Waals surface area contributed by atoms with Crippen molar-refractivity contribution in [1.29, 1.82) is 0 Å². The first-order chi connectivity index (χ1) is 18.5. The number of hydrogen-bond donors (Lipinski definition) is 7. The molecule has 0 bridgehead atoms. The molecule has 1 aromatic carbocycles. The van der Waals surface area contributed by atoms with E-state index in [9.17, 15) is 29.7 Å². The van der Waals surface area contributed by atoms with Crippen LogP contribution in [0.15, 0.2) is 30.5 Å². The van der Waals surface area contributed by atoms with Crippen molar-refractivity contribution >= 4 is 34.9 Å². The number of carbonyl (C=O) groups is 3. The molecule has 0 saturated heterocycles. The van der Waals surface area contributed by atoms with Crippen molar-refractivity contribution in [3.8, 4) is 17.0 Å². The summed E-state index contributed by atoms with van der Waals surface area (Å²) in [6.07, 6.45) is -0.452. The molecule has 16 heteroatoms. The average molecular weight is 542 g/mol. The largest absolute Gasteiger partial charge is 0.494 e. The Morgan fingerprint density at radius 2 is 1.92 bits per heavy atom. The molecule has 1 aliphatic carbocycles. The van der Waals surface area contributed by atoms with Crippen LogP contribution in [-0.2, 0) is 16.1 Å². The van der Waals surface area contributed by atoms with Gasteiger partial charge in [0.25, 0.3) is 5.91 Å². The van der Waals surface area contributed by atoms with Gasteiger partial charge in [-0.15, -0.1) is 10.2 Å². The van der Waals surface area contributed by atoms with Gasteiger partial charge in [-0.05, 0) is 25.0 Å². The SMILES string of the molecule is COc1c(Nc2cc(NC(=O)C3CC3)nnc2C(=O)NC(O)(O)O)cccc1-c1cnn(CCNC(C)=O)n1. The summed E-state index contributed by atoms with van der Waals surface area (Å²) in [5, 5.41) is 53.7. The Morgan fingerprint density at radius 3 is 2.59 bits per heavy atom. The molecule has 1 fully saturated rings. The fourth-order valence-corrected chi connectivity index (χ4v) is 3.56. The van der Waals surface area contributed by atoms with Gasteiger partial charge in [0.2, 0.25) is 11.8 Å². The molecular weight excluding hydrogens is 514 g/mol. The van der Waals surface area contributed by atoms with E-state index >= 15 is 0 Å². The van der Waals surface area contributed by atoms with Crippen LogP contribution in [0.2, 0.25) is 0 Å². The Kier molecular flexibility index (Phi) is 7.99. The summed E-state index contributed by atoms with van der Waals surface area (Å²) in [6, 6.07) is 6.41. The highest BCUT2D eigenvalue weighted by atomic mass is 16.7. The average Bonchev–Trinajstić information content (AvgIpc) is 3.61. The maximum atomic E-state index is 12.6. The van der Waals surface area contributed by atoms with Gasteiger partial charge in [-0.3, -0.25) is 19.7 Å². The maximum absolute atomic E-state index is 12.6. The zero-order valence-electron chi connectivity index (χ0n) is 21.0. The molecule has 0 spiro atoms. The van der Waals surface area contributed by atoms with Crippen molar-refractivity contribution in [1.82, 2.24) is 35.8 Å². The molecule has 0 atom stereocenters. The second kappa shape index (κ2) is 11.4. The molecule has 7 N–H and O–H groups in total. The Hall–Kier alpha value is -4.67. The Balaban J connectivity index is 1.65. The van der Waals surface area contributed by atoms with Gasteiger partial charge in [0.05, 0.1) is 31.2 Å². The van der Waals surface area contributed by atoms with Gasteiger partial charge < -0.3 is 36.0 Å². The van der Waals surface area contributed by atoms with Crippen molar-refractivity contribution in [2.75, 3.05) is 24.3 Å². The van der Waals surface area contributed by atoms with Gasteiger partial charge in [0, 0.05) is 31.0 Å². The highest BCUT2D eigenvalue weighted by Crippen LogP contribution is 2.37. The Morgan fingerprint density at radius 1 is 1.15 bits per heavy atom. The number of methoxy groups -OCH3 is 1. The smallest absolute Gasteiger partial charge is 0.369 e. The molecule has 16 nitrogen and oxygen atoms in total. The zero-order chi connectivity index (χ0) is 28.2. The third-order valence-electron chi connectivity index (χ3n) is 5.48. The van der Waals surface area contributed by atoms with Crippen LogP contribution in [0.4, 0.5) is 17.2 Å². The number of nitrogens with one attached hydrogen (secondary N) is 4. The molecule has 2 heterocycles. The quantitative estimate of drug-likeness (QED) is 0.149. The summed E-state index contributed by atoms with van der Waals surface area (Å²) < 4.78 is 5.62. The lowest BCUT2D eigenvalue weighted by molar-refractivity contribution is -0.323. The minimum atomic E-state index is -3.50. The molecule has 3 amide bonds. The molecule has 1 aliphatic rings. The van der Waals surface area contributed by atoms with E-state index in [-0.39, 0.29) is 29.2 Å². The molecule has 39 heavy (non-hydrogen) atoms. The van der Waals surface area contributed by atoms with Gasteiger partial charge in [0.15, 0.2) is 17.3 Å². The minimum Gasteiger partial charge on any atom is -0.494 e. The summed E-state index contributed by atoms with van der Waals surface area (Å²) in [7, 11) is 1.43. The topological polar surface area (TPSA) is 226 Å². The summed E-state index contributed by atoms with van der Waals surface area (Å²) in [4.78, 5) is 37.3. The van der Waals surface area contributed by atoms with Crippen LogP contribution in [0.1, 0.15) is 30.3 Å². The maximum Gasteiger partial charge on any atom is 0.369 e. The first-order valence-corrected chi connectivity index (χ1v) is 11.8. The second-order valence-corrected chi connectivity index (χ2v) is 8.66.